The fraction of sp³-hybridized carbons (Fsp3) is 0.577. The van der Waals surface area contributed by atoms with E-state index in [-0.39, 0.29) is 6.23 Å². The van der Waals surface area contributed by atoms with Crippen molar-refractivity contribution in [3.05, 3.63) is 58.7 Å². The summed E-state index contributed by atoms with van der Waals surface area (Å²) in [6, 6.07) is 6.52. The number of ether oxygens (including phenoxy) is 1. The van der Waals surface area contributed by atoms with Gasteiger partial charge >= 0.3 is 0 Å². The molecule has 7 heteroatoms. The second-order valence-corrected chi connectivity index (χ2v) is 7.50. The van der Waals surface area contributed by atoms with Crippen molar-refractivity contribution in [2.75, 3.05) is 27.2 Å². The Balaban J connectivity index is 0.00000497. The van der Waals surface area contributed by atoms with Crippen molar-refractivity contribution in [3.8, 4) is 0 Å². The Morgan fingerprint density at radius 2 is 1.94 bits per heavy atom. The Hall–Kier alpha value is -2.51. The van der Waals surface area contributed by atoms with E-state index in [1.807, 2.05) is 52.0 Å². The van der Waals surface area contributed by atoms with Crippen LogP contribution in [0.25, 0.3) is 0 Å². The van der Waals surface area contributed by atoms with E-state index in [9.17, 15) is 4.79 Å². The van der Waals surface area contributed by atoms with Gasteiger partial charge in [-0.15, -0.1) is 0 Å². The first-order chi connectivity index (χ1) is 16.0. The summed E-state index contributed by atoms with van der Waals surface area (Å²) in [4.78, 5) is 13.2. The van der Waals surface area contributed by atoms with Gasteiger partial charge in [-0.3, -0.25) is 0 Å². The van der Waals surface area contributed by atoms with Gasteiger partial charge in [0.2, 0.25) is 0 Å². The maximum absolute atomic E-state index is 11.3. The lowest BCUT2D eigenvalue weighted by Crippen LogP contribution is -2.36. The van der Waals surface area contributed by atoms with Crippen LogP contribution in [0.15, 0.2) is 42.0 Å². The largest absolute Gasteiger partial charge is 0.389 e. The van der Waals surface area contributed by atoms with Crippen LogP contribution >= 0.6 is 0 Å². The number of nitrogens with one attached hydrogen (secondary N) is 3. The molecular weight excluding hydrogens is 414 g/mol. The number of unbranched alkanes of at least 4 members (excludes halogenated alkanes) is 1. The van der Waals surface area contributed by atoms with Crippen molar-refractivity contribution in [2.45, 2.75) is 73.2 Å². The SMILES string of the molecule is CC.CCCCOC(/C=C/N(CC=O)Cc1ccc(CNC)c(CC)c1)N/C(N)=C(\C)NC. The van der Waals surface area contributed by atoms with Gasteiger partial charge in [-0.05, 0) is 49.6 Å². The molecule has 0 aliphatic rings. The molecule has 0 fully saturated rings. The summed E-state index contributed by atoms with van der Waals surface area (Å²) in [6.45, 7) is 12.6. The molecule has 0 heterocycles. The highest BCUT2D eigenvalue weighted by Gasteiger charge is 2.09. The van der Waals surface area contributed by atoms with Crippen molar-refractivity contribution < 1.29 is 9.53 Å². The predicted octanol–water partition coefficient (Wildman–Crippen LogP) is 3.61. The van der Waals surface area contributed by atoms with Crippen LogP contribution in [-0.2, 0) is 29.0 Å². The first-order valence-corrected chi connectivity index (χ1v) is 12.1. The fourth-order valence-corrected chi connectivity index (χ4v) is 3.07. The molecule has 1 atom stereocenters. The second-order valence-electron chi connectivity index (χ2n) is 7.50. The van der Waals surface area contributed by atoms with Crippen molar-refractivity contribution >= 4 is 6.29 Å². The zero-order chi connectivity index (χ0) is 25.1. The molecule has 1 aromatic rings. The summed E-state index contributed by atoms with van der Waals surface area (Å²) >= 11 is 0. The maximum Gasteiger partial charge on any atom is 0.149 e. The number of carbonyl (C=O) groups excluding carboxylic acids is 1. The van der Waals surface area contributed by atoms with Gasteiger partial charge in [0.25, 0.3) is 0 Å². The van der Waals surface area contributed by atoms with E-state index in [2.05, 4.69) is 48.0 Å². The number of aryl methyl sites for hydroxylation is 1. The molecule has 7 nitrogen and oxygen atoms in total. The highest BCUT2D eigenvalue weighted by molar-refractivity contribution is 5.52. The van der Waals surface area contributed by atoms with Crippen LogP contribution < -0.4 is 21.7 Å². The number of aldehydes is 1. The van der Waals surface area contributed by atoms with Crippen LogP contribution in [0.1, 0.15) is 64.2 Å². The van der Waals surface area contributed by atoms with E-state index in [0.29, 0.717) is 25.5 Å². The van der Waals surface area contributed by atoms with Gasteiger partial charge in [-0.1, -0.05) is 52.3 Å². The standard InChI is InChI=1S/C24H41N5O2.C2H6/c1-6-8-15-31-23(28-24(25)19(3)27-5)11-12-29(13-14-30)18-20-9-10-22(17-26-4)21(7-2)16-20;1-2/h9-12,14,16,23,26-28H,6-8,13,15,17-18,25H2,1-5H3;1-2H3/b12-11+,24-19+;. The third kappa shape index (κ3) is 12.3. The maximum atomic E-state index is 11.3. The lowest BCUT2D eigenvalue weighted by atomic mass is 10.0. The number of rotatable bonds is 16. The molecule has 0 spiro atoms. The third-order valence-electron chi connectivity index (χ3n) is 5.06. The molecule has 0 aliphatic carbocycles. The van der Waals surface area contributed by atoms with E-state index in [1.165, 1.54) is 16.7 Å². The molecule has 188 valence electrons. The van der Waals surface area contributed by atoms with Crippen molar-refractivity contribution in [2.24, 2.45) is 5.73 Å². The van der Waals surface area contributed by atoms with Crippen LogP contribution in [0.5, 0.6) is 0 Å². The van der Waals surface area contributed by atoms with Crippen LogP contribution in [0.3, 0.4) is 0 Å². The third-order valence-corrected chi connectivity index (χ3v) is 5.06. The van der Waals surface area contributed by atoms with Crippen LogP contribution in [0.2, 0.25) is 0 Å². The van der Waals surface area contributed by atoms with Gasteiger partial charge in [-0.2, -0.15) is 0 Å². The number of nitrogens with two attached hydrogens (primary N) is 1. The van der Waals surface area contributed by atoms with Crippen LogP contribution in [-0.4, -0.2) is 44.7 Å². The van der Waals surface area contributed by atoms with Gasteiger partial charge in [0.1, 0.15) is 18.3 Å². The summed E-state index contributed by atoms with van der Waals surface area (Å²) in [6.07, 6.45) is 7.35. The van der Waals surface area contributed by atoms with E-state index < -0.39 is 0 Å². The quantitative estimate of drug-likeness (QED) is 0.170. The number of allylic oxidation sites excluding steroid dienone is 1. The Morgan fingerprint density at radius 3 is 2.52 bits per heavy atom. The van der Waals surface area contributed by atoms with Crippen molar-refractivity contribution in [1.82, 2.24) is 20.9 Å². The molecule has 33 heavy (non-hydrogen) atoms. The minimum Gasteiger partial charge on any atom is -0.389 e. The summed E-state index contributed by atoms with van der Waals surface area (Å²) in [5.74, 6) is 0.531. The molecule has 0 amide bonds. The highest BCUT2D eigenvalue weighted by atomic mass is 16.5. The summed E-state index contributed by atoms with van der Waals surface area (Å²) in [5, 5.41) is 9.44. The highest BCUT2D eigenvalue weighted by Crippen LogP contribution is 2.15. The number of nitrogens with zero attached hydrogens (tertiary/aromatic N) is 1. The van der Waals surface area contributed by atoms with Gasteiger partial charge in [0.15, 0.2) is 0 Å². The Kier molecular flexibility index (Phi) is 17.6. The first kappa shape index (κ1) is 30.5. The number of benzene rings is 1. The smallest absolute Gasteiger partial charge is 0.149 e. The zero-order valence-corrected chi connectivity index (χ0v) is 21.8. The predicted molar refractivity (Wildman–Crippen MR) is 139 cm³/mol. The molecule has 5 N–H and O–H groups in total. The first-order valence-electron chi connectivity index (χ1n) is 12.1. The molecule has 0 bridgehead atoms. The Labute approximate surface area is 201 Å². The summed E-state index contributed by atoms with van der Waals surface area (Å²) in [7, 11) is 3.78. The van der Waals surface area contributed by atoms with Crippen LogP contribution in [0.4, 0.5) is 0 Å². The summed E-state index contributed by atoms with van der Waals surface area (Å²) < 4.78 is 5.94. The van der Waals surface area contributed by atoms with Crippen molar-refractivity contribution in [3.63, 3.8) is 0 Å². The Morgan fingerprint density at radius 1 is 1.21 bits per heavy atom. The Bertz CT molecular complexity index is 719. The molecule has 0 saturated heterocycles. The molecule has 0 radical (unpaired) electrons. The van der Waals surface area contributed by atoms with Crippen molar-refractivity contribution in [1.29, 1.82) is 0 Å². The van der Waals surface area contributed by atoms with E-state index in [1.54, 1.807) is 0 Å². The normalized spacial score (nSPS) is 12.5. The average molecular weight is 462 g/mol. The molecule has 0 aromatic heterocycles. The molecule has 0 aliphatic heterocycles. The average Bonchev–Trinajstić information content (AvgIpc) is 2.84. The minimum atomic E-state index is -0.381. The lowest BCUT2D eigenvalue weighted by molar-refractivity contribution is -0.108. The minimum absolute atomic E-state index is 0.304. The summed E-state index contributed by atoms with van der Waals surface area (Å²) in [5.41, 5.74) is 10.8. The van der Waals surface area contributed by atoms with Gasteiger partial charge < -0.3 is 36.1 Å². The number of carbonyl (C=O) groups is 1. The molecular formula is C26H47N5O2. The van der Waals surface area contributed by atoms with Gasteiger partial charge in [0, 0.05) is 38.6 Å². The fourth-order valence-electron chi connectivity index (χ4n) is 3.07. The van der Waals surface area contributed by atoms with E-state index >= 15 is 0 Å². The van der Waals surface area contributed by atoms with Gasteiger partial charge in [0.05, 0.1) is 6.54 Å². The zero-order valence-electron chi connectivity index (χ0n) is 21.8. The monoisotopic (exact) mass is 461 g/mol. The number of hydrogen-bond donors (Lipinski definition) is 4. The van der Waals surface area contributed by atoms with E-state index in [0.717, 1.165) is 37.8 Å². The second kappa shape index (κ2) is 19.0. The molecule has 1 unspecified atom stereocenters. The molecule has 1 aromatic carbocycles. The van der Waals surface area contributed by atoms with Crippen LogP contribution in [0, 0.1) is 0 Å². The molecule has 1 rings (SSSR count). The lowest BCUT2D eigenvalue weighted by Gasteiger charge is -2.22. The molecule has 0 saturated carbocycles. The number of hydrogen-bond acceptors (Lipinski definition) is 7. The van der Waals surface area contributed by atoms with Gasteiger partial charge in [-0.25, -0.2) is 0 Å². The van der Waals surface area contributed by atoms with E-state index in [4.69, 9.17) is 10.5 Å². The topological polar surface area (TPSA) is 91.7 Å².